The van der Waals surface area contributed by atoms with E-state index in [4.69, 9.17) is 10.8 Å². The lowest BCUT2D eigenvalue weighted by atomic mass is 9.87. The number of aliphatic carboxylic acids is 1. The molecule has 0 aromatic heterocycles. The van der Waals surface area contributed by atoms with Crippen LogP contribution >= 0.6 is 0 Å². The van der Waals surface area contributed by atoms with E-state index in [0.717, 1.165) is 6.07 Å². The standard InChI is InChI=1S/C12H11F4NO2/c13-8-6(2-1-3-7(8)12(14,15)16)11(4-5-11)9(17)10(18)19/h1-3,9H,4-5,17H2,(H,18,19). The number of nitrogens with two attached hydrogens (primary N) is 1. The third-order valence-electron chi connectivity index (χ3n) is 3.49. The van der Waals surface area contributed by atoms with Crippen LogP contribution in [0.4, 0.5) is 17.6 Å². The Morgan fingerprint density at radius 1 is 1.37 bits per heavy atom. The molecule has 1 aliphatic carbocycles. The first kappa shape index (κ1) is 13.8. The Morgan fingerprint density at radius 3 is 2.37 bits per heavy atom. The van der Waals surface area contributed by atoms with E-state index < -0.39 is 35.0 Å². The van der Waals surface area contributed by atoms with Gasteiger partial charge < -0.3 is 10.8 Å². The van der Waals surface area contributed by atoms with Crippen LogP contribution in [-0.4, -0.2) is 17.1 Å². The molecule has 3 N–H and O–H groups in total. The molecule has 0 spiro atoms. The molecular weight excluding hydrogens is 266 g/mol. The average Bonchev–Trinajstić information content (AvgIpc) is 3.07. The maximum atomic E-state index is 14.0. The molecule has 0 aliphatic heterocycles. The van der Waals surface area contributed by atoms with Crippen LogP contribution < -0.4 is 5.73 Å². The Balaban J connectivity index is 2.51. The molecule has 0 heterocycles. The van der Waals surface area contributed by atoms with E-state index in [1.165, 1.54) is 6.07 Å². The molecule has 1 unspecified atom stereocenters. The number of hydrogen-bond donors (Lipinski definition) is 2. The monoisotopic (exact) mass is 277 g/mol. The number of halogens is 4. The fraction of sp³-hybridized carbons (Fsp3) is 0.417. The normalized spacial score (nSPS) is 19.0. The molecule has 7 heteroatoms. The first-order valence-electron chi connectivity index (χ1n) is 5.55. The maximum Gasteiger partial charge on any atom is 0.419 e. The van der Waals surface area contributed by atoms with Crippen LogP contribution in [0.1, 0.15) is 24.0 Å². The zero-order valence-electron chi connectivity index (χ0n) is 9.67. The Hall–Kier alpha value is -1.63. The van der Waals surface area contributed by atoms with Gasteiger partial charge in [-0.2, -0.15) is 13.2 Å². The minimum Gasteiger partial charge on any atom is -0.480 e. The van der Waals surface area contributed by atoms with Gasteiger partial charge in [0.1, 0.15) is 11.9 Å². The summed E-state index contributed by atoms with van der Waals surface area (Å²) in [6.45, 7) is 0. The summed E-state index contributed by atoms with van der Waals surface area (Å²) in [6.07, 6.45) is -4.29. The van der Waals surface area contributed by atoms with E-state index in [1.54, 1.807) is 0 Å². The van der Waals surface area contributed by atoms with Crippen molar-refractivity contribution >= 4 is 5.97 Å². The second-order valence-electron chi connectivity index (χ2n) is 4.64. The zero-order valence-corrected chi connectivity index (χ0v) is 9.67. The second-order valence-corrected chi connectivity index (χ2v) is 4.64. The predicted molar refractivity (Wildman–Crippen MR) is 57.9 cm³/mol. The molecular formula is C12H11F4NO2. The number of carboxylic acid groups (broad SMARTS) is 1. The van der Waals surface area contributed by atoms with E-state index in [2.05, 4.69) is 0 Å². The topological polar surface area (TPSA) is 63.3 Å². The third-order valence-corrected chi connectivity index (χ3v) is 3.49. The average molecular weight is 277 g/mol. The predicted octanol–water partition coefficient (Wildman–Crippen LogP) is 2.29. The van der Waals surface area contributed by atoms with Crippen molar-refractivity contribution in [3.63, 3.8) is 0 Å². The van der Waals surface area contributed by atoms with Gasteiger partial charge in [-0.15, -0.1) is 0 Å². The van der Waals surface area contributed by atoms with Gasteiger partial charge in [-0.1, -0.05) is 12.1 Å². The van der Waals surface area contributed by atoms with Gasteiger partial charge in [0.25, 0.3) is 0 Å². The van der Waals surface area contributed by atoms with Crippen molar-refractivity contribution in [2.45, 2.75) is 30.5 Å². The van der Waals surface area contributed by atoms with Gasteiger partial charge in [0.15, 0.2) is 0 Å². The summed E-state index contributed by atoms with van der Waals surface area (Å²) in [4.78, 5) is 10.9. The molecule has 1 aromatic carbocycles. The van der Waals surface area contributed by atoms with E-state index >= 15 is 0 Å². The molecule has 1 saturated carbocycles. The van der Waals surface area contributed by atoms with Crippen LogP contribution in [0.15, 0.2) is 18.2 Å². The summed E-state index contributed by atoms with van der Waals surface area (Å²) in [5.41, 5.74) is 2.58. The van der Waals surface area contributed by atoms with Gasteiger partial charge in [0.2, 0.25) is 0 Å². The summed E-state index contributed by atoms with van der Waals surface area (Å²) in [5, 5.41) is 8.87. The van der Waals surface area contributed by atoms with Crippen molar-refractivity contribution in [1.82, 2.24) is 0 Å². The van der Waals surface area contributed by atoms with Crippen LogP contribution in [0.2, 0.25) is 0 Å². The minimum absolute atomic E-state index is 0.263. The first-order valence-corrected chi connectivity index (χ1v) is 5.55. The van der Waals surface area contributed by atoms with Crippen LogP contribution in [0.5, 0.6) is 0 Å². The summed E-state index contributed by atoms with van der Waals surface area (Å²) in [5.74, 6) is -2.78. The number of rotatable bonds is 3. The molecule has 0 amide bonds. The largest absolute Gasteiger partial charge is 0.480 e. The van der Waals surface area contributed by atoms with E-state index in [9.17, 15) is 22.4 Å². The molecule has 3 nitrogen and oxygen atoms in total. The smallest absolute Gasteiger partial charge is 0.419 e. The van der Waals surface area contributed by atoms with Crippen molar-refractivity contribution in [1.29, 1.82) is 0 Å². The first-order chi connectivity index (χ1) is 8.70. The Labute approximate surface area is 106 Å². The molecule has 0 saturated heterocycles. The highest BCUT2D eigenvalue weighted by Crippen LogP contribution is 2.52. The summed E-state index contributed by atoms with van der Waals surface area (Å²) in [6, 6.07) is 1.45. The van der Waals surface area contributed by atoms with Crippen LogP contribution in [0.3, 0.4) is 0 Å². The number of hydrogen-bond acceptors (Lipinski definition) is 2. The molecule has 1 aliphatic rings. The highest BCUT2D eigenvalue weighted by atomic mass is 19.4. The molecule has 1 atom stereocenters. The van der Waals surface area contributed by atoms with Crippen molar-refractivity contribution < 1.29 is 27.5 Å². The van der Waals surface area contributed by atoms with Gasteiger partial charge in [-0.25, -0.2) is 4.39 Å². The minimum atomic E-state index is -4.82. The third kappa shape index (κ3) is 2.18. The van der Waals surface area contributed by atoms with Crippen LogP contribution in [0, 0.1) is 5.82 Å². The van der Waals surface area contributed by atoms with Crippen molar-refractivity contribution in [3.8, 4) is 0 Å². The SMILES string of the molecule is NC(C(=O)O)C1(c2cccc(C(F)(F)F)c2F)CC1. The van der Waals surface area contributed by atoms with E-state index in [0.29, 0.717) is 6.07 Å². The fourth-order valence-corrected chi connectivity index (χ4v) is 2.25. The van der Waals surface area contributed by atoms with Crippen molar-refractivity contribution in [2.75, 3.05) is 0 Å². The summed E-state index contributed by atoms with van der Waals surface area (Å²) < 4.78 is 51.8. The highest BCUT2D eigenvalue weighted by molar-refractivity contribution is 5.77. The van der Waals surface area contributed by atoms with E-state index in [-0.39, 0.29) is 18.4 Å². The lowest BCUT2D eigenvalue weighted by Crippen LogP contribution is -2.42. The number of carbonyl (C=O) groups is 1. The van der Waals surface area contributed by atoms with Crippen LogP contribution in [0.25, 0.3) is 0 Å². The van der Waals surface area contributed by atoms with Gasteiger partial charge in [0, 0.05) is 5.41 Å². The molecule has 1 fully saturated rings. The van der Waals surface area contributed by atoms with Gasteiger partial charge in [0.05, 0.1) is 5.56 Å². The fourth-order valence-electron chi connectivity index (χ4n) is 2.25. The van der Waals surface area contributed by atoms with E-state index in [1.807, 2.05) is 0 Å². The highest BCUT2D eigenvalue weighted by Gasteiger charge is 2.54. The zero-order chi connectivity index (χ0) is 14.4. The Kier molecular flexibility index (Phi) is 3.04. The van der Waals surface area contributed by atoms with Gasteiger partial charge in [-0.05, 0) is 24.5 Å². The van der Waals surface area contributed by atoms with Crippen molar-refractivity contribution in [2.24, 2.45) is 5.73 Å². The van der Waals surface area contributed by atoms with Crippen molar-refractivity contribution in [3.05, 3.63) is 35.1 Å². The van der Waals surface area contributed by atoms with Gasteiger partial charge >= 0.3 is 12.1 Å². The quantitative estimate of drug-likeness (QED) is 0.833. The molecule has 104 valence electrons. The molecule has 0 radical (unpaired) electrons. The molecule has 19 heavy (non-hydrogen) atoms. The summed E-state index contributed by atoms with van der Waals surface area (Å²) in [7, 11) is 0. The Bertz CT molecular complexity index is 523. The molecule has 1 aromatic rings. The van der Waals surface area contributed by atoms with Gasteiger partial charge in [-0.3, -0.25) is 4.79 Å². The Morgan fingerprint density at radius 2 is 1.95 bits per heavy atom. The maximum absolute atomic E-state index is 14.0. The van der Waals surface area contributed by atoms with Crippen LogP contribution in [-0.2, 0) is 16.4 Å². The number of alkyl halides is 3. The lowest BCUT2D eigenvalue weighted by molar-refractivity contribution is -0.140. The second kappa shape index (κ2) is 4.19. The molecule has 2 rings (SSSR count). The number of carboxylic acids is 1. The molecule has 0 bridgehead atoms. The number of benzene rings is 1. The lowest BCUT2D eigenvalue weighted by Gasteiger charge is -2.22. The summed E-state index contributed by atoms with van der Waals surface area (Å²) >= 11 is 0.